The van der Waals surface area contributed by atoms with Crippen LogP contribution in [0.15, 0.2) is 18.2 Å². The van der Waals surface area contributed by atoms with Crippen molar-refractivity contribution < 1.29 is 0 Å². The summed E-state index contributed by atoms with van der Waals surface area (Å²) in [6, 6.07) is 6.66. The average molecular weight is 232 g/mol. The molecule has 1 fully saturated rings. The first-order chi connectivity index (χ1) is 8.03. The molecule has 0 atom stereocenters. The van der Waals surface area contributed by atoms with Crippen molar-refractivity contribution in [2.45, 2.75) is 39.7 Å². The number of anilines is 1. The van der Waals surface area contributed by atoms with Gasteiger partial charge >= 0.3 is 0 Å². The van der Waals surface area contributed by atoms with E-state index in [1.54, 1.807) is 0 Å². The van der Waals surface area contributed by atoms with E-state index in [-0.39, 0.29) is 5.54 Å². The van der Waals surface area contributed by atoms with E-state index < -0.39 is 0 Å². The topological polar surface area (TPSA) is 15.3 Å². The van der Waals surface area contributed by atoms with E-state index in [1.807, 2.05) is 0 Å². The smallest absolute Gasteiger partial charge is 0.0429 e. The number of hydrogen-bond acceptors (Lipinski definition) is 2. The molecular formula is C15H24N2. The van der Waals surface area contributed by atoms with Gasteiger partial charge in [-0.05, 0) is 38.3 Å². The molecule has 0 unspecified atom stereocenters. The second-order valence-electron chi connectivity index (χ2n) is 5.67. The van der Waals surface area contributed by atoms with Gasteiger partial charge in [0.25, 0.3) is 0 Å². The van der Waals surface area contributed by atoms with E-state index in [0.717, 1.165) is 26.1 Å². The summed E-state index contributed by atoms with van der Waals surface area (Å²) in [7, 11) is 0. The van der Waals surface area contributed by atoms with Crippen LogP contribution in [0.25, 0.3) is 0 Å². The molecule has 1 heterocycles. The summed E-state index contributed by atoms with van der Waals surface area (Å²) in [5.74, 6) is 0. The predicted molar refractivity (Wildman–Crippen MR) is 74.9 cm³/mol. The molecule has 1 saturated heterocycles. The standard InChI is InChI=1S/C15H24N2/c1-5-13-8-6-7-12(2)14(13)17-10-9-16-15(3,4)11-17/h6-8,16H,5,9-11H2,1-4H3. The van der Waals surface area contributed by atoms with Crippen LogP contribution in [0.2, 0.25) is 0 Å². The Morgan fingerprint density at radius 2 is 2.12 bits per heavy atom. The maximum absolute atomic E-state index is 3.57. The molecule has 1 aliphatic heterocycles. The number of aryl methyl sites for hydroxylation is 2. The number of rotatable bonds is 2. The molecule has 0 radical (unpaired) electrons. The zero-order valence-corrected chi connectivity index (χ0v) is 11.5. The molecule has 94 valence electrons. The number of piperazine rings is 1. The molecule has 0 aromatic heterocycles. The Kier molecular flexibility index (Phi) is 3.43. The number of benzene rings is 1. The molecule has 0 aliphatic carbocycles. The van der Waals surface area contributed by atoms with Gasteiger partial charge in [-0.2, -0.15) is 0 Å². The fraction of sp³-hybridized carbons (Fsp3) is 0.600. The highest BCUT2D eigenvalue weighted by atomic mass is 15.2. The molecule has 0 amide bonds. The first-order valence-electron chi connectivity index (χ1n) is 6.62. The van der Waals surface area contributed by atoms with Crippen LogP contribution in [0.3, 0.4) is 0 Å². The van der Waals surface area contributed by atoms with Crippen LogP contribution in [-0.2, 0) is 6.42 Å². The fourth-order valence-corrected chi connectivity index (χ4v) is 2.79. The zero-order chi connectivity index (χ0) is 12.5. The molecule has 2 nitrogen and oxygen atoms in total. The van der Waals surface area contributed by atoms with E-state index in [9.17, 15) is 0 Å². The first kappa shape index (κ1) is 12.4. The van der Waals surface area contributed by atoms with Crippen molar-refractivity contribution in [2.75, 3.05) is 24.5 Å². The van der Waals surface area contributed by atoms with Crippen molar-refractivity contribution in [1.29, 1.82) is 0 Å². The van der Waals surface area contributed by atoms with Crippen LogP contribution in [0.5, 0.6) is 0 Å². The van der Waals surface area contributed by atoms with Crippen molar-refractivity contribution in [3.63, 3.8) is 0 Å². The predicted octanol–water partition coefficient (Wildman–Crippen LogP) is 2.75. The molecule has 2 heteroatoms. The van der Waals surface area contributed by atoms with Gasteiger partial charge in [-0.3, -0.25) is 0 Å². The lowest BCUT2D eigenvalue weighted by Crippen LogP contribution is -2.57. The Morgan fingerprint density at radius 1 is 1.35 bits per heavy atom. The molecule has 1 aliphatic rings. The largest absolute Gasteiger partial charge is 0.368 e. The lowest BCUT2D eigenvalue weighted by Gasteiger charge is -2.41. The van der Waals surface area contributed by atoms with Crippen LogP contribution in [0.4, 0.5) is 5.69 Å². The van der Waals surface area contributed by atoms with Crippen molar-refractivity contribution in [2.24, 2.45) is 0 Å². The second kappa shape index (κ2) is 4.69. The highest BCUT2D eigenvalue weighted by molar-refractivity contribution is 5.60. The van der Waals surface area contributed by atoms with Crippen molar-refractivity contribution in [1.82, 2.24) is 5.32 Å². The average Bonchev–Trinajstić information content (AvgIpc) is 2.27. The van der Waals surface area contributed by atoms with Crippen LogP contribution in [0, 0.1) is 6.92 Å². The molecule has 2 rings (SSSR count). The van der Waals surface area contributed by atoms with Crippen molar-refractivity contribution in [3.05, 3.63) is 29.3 Å². The molecule has 17 heavy (non-hydrogen) atoms. The maximum Gasteiger partial charge on any atom is 0.0429 e. The number of nitrogens with zero attached hydrogens (tertiary/aromatic N) is 1. The summed E-state index contributed by atoms with van der Waals surface area (Å²) in [6.45, 7) is 12.3. The van der Waals surface area contributed by atoms with Gasteiger partial charge in [0, 0.05) is 30.9 Å². The number of para-hydroxylation sites is 1. The Hall–Kier alpha value is -1.02. The van der Waals surface area contributed by atoms with E-state index >= 15 is 0 Å². The highest BCUT2D eigenvalue weighted by Gasteiger charge is 2.27. The van der Waals surface area contributed by atoms with Crippen molar-refractivity contribution >= 4 is 5.69 Å². The van der Waals surface area contributed by atoms with E-state index in [2.05, 4.69) is 56.1 Å². The zero-order valence-electron chi connectivity index (χ0n) is 11.5. The second-order valence-corrected chi connectivity index (χ2v) is 5.67. The minimum absolute atomic E-state index is 0.214. The maximum atomic E-state index is 3.57. The van der Waals surface area contributed by atoms with Crippen LogP contribution >= 0.6 is 0 Å². The third-order valence-electron chi connectivity index (χ3n) is 3.59. The highest BCUT2D eigenvalue weighted by Crippen LogP contribution is 2.28. The normalized spacial score (nSPS) is 19.4. The summed E-state index contributed by atoms with van der Waals surface area (Å²) < 4.78 is 0. The minimum Gasteiger partial charge on any atom is -0.368 e. The van der Waals surface area contributed by atoms with Crippen LogP contribution in [0.1, 0.15) is 31.9 Å². The lowest BCUT2D eigenvalue weighted by atomic mass is 9.98. The molecule has 1 aromatic carbocycles. The molecule has 0 bridgehead atoms. The lowest BCUT2D eigenvalue weighted by molar-refractivity contribution is 0.352. The number of hydrogen-bond donors (Lipinski definition) is 1. The van der Waals surface area contributed by atoms with E-state index in [4.69, 9.17) is 0 Å². The monoisotopic (exact) mass is 232 g/mol. The van der Waals surface area contributed by atoms with Gasteiger partial charge in [0.15, 0.2) is 0 Å². The Bertz CT molecular complexity index is 396. The summed E-state index contributed by atoms with van der Waals surface area (Å²) in [5.41, 5.74) is 4.56. The Morgan fingerprint density at radius 3 is 2.76 bits per heavy atom. The molecule has 0 saturated carbocycles. The van der Waals surface area contributed by atoms with Crippen LogP contribution in [-0.4, -0.2) is 25.2 Å². The third kappa shape index (κ3) is 2.63. The number of nitrogens with one attached hydrogen (secondary N) is 1. The third-order valence-corrected chi connectivity index (χ3v) is 3.59. The summed E-state index contributed by atoms with van der Waals surface area (Å²) in [4.78, 5) is 2.55. The minimum atomic E-state index is 0.214. The van der Waals surface area contributed by atoms with Gasteiger partial charge in [0.05, 0.1) is 0 Å². The first-order valence-corrected chi connectivity index (χ1v) is 6.62. The van der Waals surface area contributed by atoms with Gasteiger partial charge in [-0.25, -0.2) is 0 Å². The van der Waals surface area contributed by atoms with Gasteiger partial charge < -0.3 is 10.2 Å². The quantitative estimate of drug-likeness (QED) is 0.843. The van der Waals surface area contributed by atoms with E-state index in [0.29, 0.717) is 0 Å². The Labute approximate surface area is 105 Å². The van der Waals surface area contributed by atoms with Gasteiger partial charge in [-0.1, -0.05) is 25.1 Å². The fourth-order valence-electron chi connectivity index (χ4n) is 2.79. The SMILES string of the molecule is CCc1cccc(C)c1N1CCNC(C)(C)C1. The van der Waals surface area contributed by atoms with Gasteiger partial charge in [-0.15, -0.1) is 0 Å². The molecule has 1 N–H and O–H groups in total. The molecule has 1 aromatic rings. The summed E-state index contributed by atoms with van der Waals surface area (Å²) in [5, 5.41) is 3.57. The van der Waals surface area contributed by atoms with Gasteiger partial charge in [0.1, 0.15) is 0 Å². The summed E-state index contributed by atoms with van der Waals surface area (Å²) in [6.07, 6.45) is 1.11. The molecular weight excluding hydrogens is 208 g/mol. The van der Waals surface area contributed by atoms with Gasteiger partial charge in [0.2, 0.25) is 0 Å². The Balaban J connectivity index is 2.33. The van der Waals surface area contributed by atoms with Crippen molar-refractivity contribution in [3.8, 4) is 0 Å². The summed E-state index contributed by atoms with van der Waals surface area (Å²) >= 11 is 0. The van der Waals surface area contributed by atoms with Crippen LogP contribution < -0.4 is 10.2 Å². The van der Waals surface area contributed by atoms with E-state index in [1.165, 1.54) is 16.8 Å². The molecule has 0 spiro atoms.